The molecule has 0 aromatic carbocycles. The zero-order valence-electron chi connectivity index (χ0n) is 15.7. The third-order valence-corrected chi connectivity index (χ3v) is 5.80. The zero-order chi connectivity index (χ0) is 20.3. The van der Waals surface area contributed by atoms with Crippen LogP contribution in [0.5, 0.6) is 0 Å². The Morgan fingerprint density at radius 2 is 1.96 bits per heavy atom. The van der Waals surface area contributed by atoms with Crippen LogP contribution < -0.4 is 16.4 Å². The molecule has 9 nitrogen and oxygen atoms in total. The van der Waals surface area contributed by atoms with E-state index in [1.165, 1.54) is 13.3 Å². The van der Waals surface area contributed by atoms with Gasteiger partial charge in [-0.15, -0.1) is 11.3 Å². The molecule has 0 bridgehead atoms. The van der Waals surface area contributed by atoms with Crippen LogP contribution in [0.15, 0.2) is 11.1 Å². The number of fused-ring (bicyclic) bond motifs is 1. The predicted molar refractivity (Wildman–Crippen MR) is 103 cm³/mol. The second-order valence-corrected chi connectivity index (χ2v) is 7.81. The van der Waals surface area contributed by atoms with Crippen molar-refractivity contribution in [1.82, 2.24) is 20.4 Å². The SMILES string of the molecule is CC(=O)NNC(=O)Cn1cnc2sc(C(=O)OC3CCCCC3)c(C)c2c1=O. The summed E-state index contributed by atoms with van der Waals surface area (Å²) >= 11 is 1.12. The summed E-state index contributed by atoms with van der Waals surface area (Å²) in [4.78, 5) is 53.0. The third-order valence-electron chi connectivity index (χ3n) is 4.62. The number of ether oxygens (including phenoxy) is 1. The highest BCUT2D eigenvalue weighted by Gasteiger charge is 2.24. The van der Waals surface area contributed by atoms with E-state index in [0.717, 1.165) is 48.0 Å². The van der Waals surface area contributed by atoms with Gasteiger partial charge in [0.05, 0.1) is 11.7 Å². The molecule has 1 fully saturated rings. The molecule has 28 heavy (non-hydrogen) atoms. The molecule has 2 aromatic heterocycles. The maximum atomic E-state index is 12.8. The summed E-state index contributed by atoms with van der Waals surface area (Å²) in [6.07, 6.45) is 6.17. The van der Waals surface area contributed by atoms with E-state index in [1.54, 1.807) is 6.92 Å². The van der Waals surface area contributed by atoms with E-state index in [-0.39, 0.29) is 12.6 Å². The number of nitrogens with zero attached hydrogens (tertiary/aromatic N) is 2. The second kappa shape index (κ2) is 8.51. The lowest BCUT2D eigenvalue weighted by molar-refractivity contribution is -0.128. The van der Waals surface area contributed by atoms with Gasteiger partial charge in [-0.3, -0.25) is 29.8 Å². The first-order valence-electron chi connectivity index (χ1n) is 9.11. The van der Waals surface area contributed by atoms with Gasteiger partial charge in [-0.2, -0.15) is 0 Å². The average molecular weight is 406 g/mol. The standard InChI is InChI=1S/C18H22N4O5S/c1-10-14-16(28-15(10)18(26)27-12-6-4-3-5-7-12)19-9-22(17(14)25)8-13(24)21-20-11(2)23/h9,12H,3-8H2,1-2H3,(H,20,23)(H,21,24). The van der Waals surface area contributed by atoms with Gasteiger partial charge in [0.2, 0.25) is 5.91 Å². The molecule has 0 atom stereocenters. The quantitative estimate of drug-likeness (QED) is 0.585. The lowest BCUT2D eigenvalue weighted by Crippen LogP contribution is -2.43. The molecule has 2 amide bonds. The van der Waals surface area contributed by atoms with Crippen LogP contribution in [0, 0.1) is 6.92 Å². The fourth-order valence-corrected chi connectivity index (χ4v) is 4.23. The van der Waals surface area contributed by atoms with Gasteiger partial charge in [0, 0.05) is 6.92 Å². The highest BCUT2D eigenvalue weighted by atomic mass is 32.1. The number of rotatable bonds is 4. The van der Waals surface area contributed by atoms with Gasteiger partial charge in [0.25, 0.3) is 11.5 Å². The minimum atomic E-state index is -0.566. The number of nitrogens with one attached hydrogen (secondary N) is 2. The smallest absolute Gasteiger partial charge is 0.348 e. The highest BCUT2D eigenvalue weighted by Crippen LogP contribution is 2.29. The van der Waals surface area contributed by atoms with Gasteiger partial charge in [0.1, 0.15) is 22.4 Å². The van der Waals surface area contributed by atoms with E-state index in [4.69, 9.17) is 4.74 Å². The summed E-state index contributed by atoms with van der Waals surface area (Å²) in [7, 11) is 0. The lowest BCUT2D eigenvalue weighted by Gasteiger charge is -2.21. The van der Waals surface area contributed by atoms with Crippen molar-refractivity contribution >= 4 is 39.3 Å². The maximum Gasteiger partial charge on any atom is 0.348 e. The number of amides is 2. The van der Waals surface area contributed by atoms with Gasteiger partial charge in [-0.1, -0.05) is 6.42 Å². The fraction of sp³-hybridized carbons (Fsp3) is 0.500. The Balaban J connectivity index is 1.81. The highest BCUT2D eigenvalue weighted by molar-refractivity contribution is 7.20. The van der Waals surface area contributed by atoms with E-state index >= 15 is 0 Å². The van der Waals surface area contributed by atoms with E-state index in [9.17, 15) is 19.2 Å². The van der Waals surface area contributed by atoms with Crippen molar-refractivity contribution in [3.63, 3.8) is 0 Å². The molecule has 10 heteroatoms. The molecule has 0 saturated heterocycles. The largest absolute Gasteiger partial charge is 0.458 e. The number of thiophene rings is 1. The van der Waals surface area contributed by atoms with Crippen LogP contribution in [0.1, 0.15) is 54.3 Å². The molecule has 150 valence electrons. The number of aryl methyl sites for hydroxylation is 1. The third kappa shape index (κ3) is 4.38. The maximum absolute atomic E-state index is 12.8. The van der Waals surface area contributed by atoms with Crippen molar-refractivity contribution in [1.29, 1.82) is 0 Å². The van der Waals surface area contributed by atoms with Crippen LogP contribution in [0.3, 0.4) is 0 Å². The molecule has 2 N–H and O–H groups in total. The average Bonchev–Trinajstić information content (AvgIpc) is 3.00. The molecule has 2 aromatic rings. The van der Waals surface area contributed by atoms with Crippen LogP contribution in [0.25, 0.3) is 10.2 Å². The van der Waals surface area contributed by atoms with Crippen molar-refractivity contribution in [3.8, 4) is 0 Å². The normalized spacial score (nSPS) is 14.6. The molecule has 1 saturated carbocycles. The molecule has 2 heterocycles. The first-order valence-corrected chi connectivity index (χ1v) is 9.93. The summed E-state index contributed by atoms with van der Waals surface area (Å²) in [5, 5.41) is 0.301. The Bertz CT molecular complexity index is 974. The number of hydrogen-bond acceptors (Lipinski definition) is 7. The summed E-state index contributed by atoms with van der Waals surface area (Å²) < 4.78 is 6.74. The Kier molecular flexibility index (Phi) is 6.08. The monoisotopic (exact) mass is 406 g/mol. The topological polar surface area (TPSA) is 119 Å². The summed E-state index contributed by atoms with van der Waals surface area (Å²) in [5.74, 6) is -1.42. The van der Waals surface area contributed by atoms with Crippen LogP contribution in [0.2, 0.25) is 0 Å². The number of hydrazine groups is 1. The fourth-order valence-electron chi connectivity index (χ4n) is 3.21. The van der Waals surface area contributed by atoms with Gasteiger partial charge < -0.3 is 4.74 Å². The van der Waals surface area contributed by atoms with E-state index < -0.39 is 23.3 Å². The summed E-state index contributed by atoms with van der Waals surface area (Å²) in [5.41, 5.74) is 4.44. The Labute approximate surface area is 165 Å². The first kappa shape index (κ1) is 20.0. The Morgan fingerprint density at radius 3 is 2.64 bits per heavy atom. The second-order valence-electron chi connectivity index (χ2n) is 6.81. The molecule has 3 rings (SSSR count). The van der Waals surface area contributed by atoms with E-state index in [0.29, 0.717) is 20.7 Å². The molecule has 0 aliphatic heterocycles. The summed E-state index contributed by atoms with van der Waals surface area (Å²) in [6, 6.07) is 0. The summed E-state index contributed by atoms with van der Waals surface area (Å²) in [6.45, 7) is 2.63. The first-order chi connectivity index (χ1) is 13.4. The van der Waals surface area contributed by atoms with Crippen LogP contribution in [0.4, 0.5) is 0 Å². The van der Waals surface area contributed by atoms with E-state index in [2.05, 4.69) is 15.8 Å². The van der Waals surface area contributed by atoms with Crippen molar-refractivity contribution < 1.29 is 19.1 Å². The number of aromatic nitrogens is 2. The molecule has 0 unspecified atom stereocenters. The van der Waals surface area contributed by atoms with Crippen LogP contribution in [-0.4, -0.2) is 33.4 Å². The Morgan fingerprint density at radius 1 is 1.25 bits per heavy atom. The van der Waals surface area contributed by atoms with Gasteiger partial charge in [-0.05, 0) is 38.2 Å². The number of hydrogen-bond donors (Lipinski definition) is 2. The van der Waals surface area contributed by atoms with Crippen molar-refractivity contribution in [2.24, 2.45) is 0 Å². The molecular weight excluding hydrogens is 384 g/mol. The minimum Gasteiger partial charge on any atom is -0.458 e. The van der Waals surface area contributed by atoms with Gasteiger partial charge in [-0.25, -0.2) is 9.78 Å². The molecule has 0 radical (unpaired) electrons. The molecular formula is C18H22N4O5S. The van der Waals surface area contributed by atoms with Crippen LogP contribution >= 0.6 is 11.3 Å². The Hall–Kier alpha value is -2.75. The minimum absolute atomic E-state index is 0.0760. The zero-order valence-corrected chi connectivity index (χ0v) is 16.6. The van der Waals surface area contributed by atoms with E-state index in [1.807, 2.05) is 0 Å². The van der Waals surface area contributed by atoms with Crippen molar-refractivity contribution in [3.05, 3.63) is 27.1 Å². The molecule has 0 spiro atoms. The lowest BCUT2D eigenvalue weighted by atomic mass is 9.98. The van der Waals surface area contributed by atoms with Gasteiger partial charge >= 0.3 is 5.97 Å². The van der Waals surface area contributed by atoms with Gasteiger partial charge in [0.15, 0.2) is 0 Å². The predicted octanol–water partition coefficient (Wildman–Crippen LogP) is 1.42. The number of esters is 1. The number of carbonyl (C=O) groups is 3. The van der Waals surface area contributed by atoms with Crippen LogP contribution in [-0.2, 0) is 20.9 Å². The molecule has 1 aliphatic carbocycles. The van der Waals surface area contributed by atoms with Crippen molar-refractivity contribution in [2.75, 3.05) is 0 Å². The number of carbonyl (C=O) groups excluding carboxylic acids is 3. The van der Waals surface area contributed by atoms with Crippen molar-refractivity contribution in [2.45, 2.75) is 58.6 Å². The molecule has 1 aliphatic rings.